The third-order valence-corrected chi connectivity index (χ3v) is 6.64. The Balaban J connectivity index is 1.48. The van der Waals surface area contributed by atoms with Crippen molar-refractivity contribution >= 4 is 23.6 Å². The van der Waals surface area contributed by atoms with Crippen LogP contribution < -0.4 is 35.5 Å². The number of piperidine rings is 1. The van der Waals surface area contributed by atoms with Crippen LogP contribution in [-0.2, 0) is 11.3 Å². The second-order valence-electron chi connectivity index (χ2n) is 9.27. The molecule has 2 aromatic carbocycles. The van der Waals surface area contributed by atoms with Crippen molar-refractivity contribution in [3.63, 3.8) is 0 Å². The van der Waals surface area contributed by atoms with Gasteiger partial charge >= 0.3 is 0 Å². The van der Waals surface area contributed by atoms with Crippen molar-refractivity contribution in [3.05, 3.63) is 65.4 Å². The zero-order valence-electron chi connectivity index (χ0n) is 21.3. The van der Waals surface area contributed by atoms with Crippen molar-refractivity contribution in [3.8, 4) is 17.2 Å². The van der Waals surface area contributed by atoms with E-state index in [-0.39, 0.29) is 31.1 Å². The monoisotopic (exact) mass is 518 g/mol. The fraction of sp³-hybridized carbons (Fsp3) is 0.333. The van der Waals surface area contributed by atoms with E-state index in [4.69, 9.17) is 19.9 Å². The highest BCUT2D eigenvalue weighted by Crippen LogP contribution is 2.28. The molecule has 4 heterocycles. The lowest BCUT2D eigenvalue weighted by Crippen LogP contribution is -2.57. The Bertz CT molecular complexity index is 1350. The molecule has 198 valence electrons. The summed E-state index contributed by atoms with van der Waals surface area (Å²) in [5.74, 6) is 1.94. The van der Waals surface area contributed by atoms with Gasteiger partial charge in [0.25, 0.3) is 11.8 Å². The van der Waals surface area contributed by atoms with Crippen molar-refractivity contribution < 1.29 is 23.8 Å². The second-order valence-corrected chi connectivity index (χ2v) is 9.27. The molecule has 1 aromatic heterocycles. The number of aromatic nitrogens is 2. The van der Waals surface area contributed by atoms with Crippen LogP contribution in [0.25, 0.3) is 0 Å². The molecule has 3 aliphatic heterocycles. The van der Waals surface area contributed by atoms with Gasteiger partial charge in [-0.2, -0.15) is 4.98 Å². The second kappa shape index (κ2) is 10.8. The minimum absolute atomic E-state index is 0.185. The Morgan fingerprint density at radius 3 is 2.84 bits per heavy atom. The number of anilines is 2. The van der Waals surface area contributed by atoms with Crippen molar-refractivity contribution in [1.29, 1.82) is 0 Å². The lowest BCUT2D eigenvalue weighted by molar-refractivity contribution is -0.123. The van der Waals surface area contributed by atoms with Crippen LogP contribution in [0.4, 0.5) is 11.8 Å². The molecular weight excluding hydrogens is 488 g/mol. The third-order valence-electron chi connectivity index (χ3n) is 6.64. The molecule has 0 unspecified atom stereocenters. The van der Waals surface area contributed by atoms with Gasteiger partial charge in [0.15, 0.2) is 6.61 Å². The molecule has 0 radical (unpaired) electrons. The third kappa shape index (κ3) is 5.56. The highest BCUT2D eigenvalue weighted by Gasteiger charge is 2.34. The van der Waals surface area contributed by atoms with Gasteiger partial charge in [0.05, 0.1) is 13.2 Å². The minimum Gasteiger partial charge on any atom is -0.496 e. The van der Waals surface area contributed by atoms with E-state index in [0.717, 1.165) is 11.1 Å². The van der Waals surface area contributed by atoms with Gasteiger partial charge in [-0.25, -0.2) is 4.98 Å². The predicted molar refractivity (Wildman–Crippen MR) is 140 cm³/mol. The molecule has 3 aromatic rings. The molecule has 1 fully saturated rings. The topological polar surface area (TPSA) is 141 Å². The summed E-state index contributed by atoms with van der Waals surface area (Å²) in [6.07, 6.45) is 1.89. The number of hydrogen-bond donors (Lipinski definition) is 3. The Hall–Kier alpha value is -4.54. The molecule has 4 bridgehead atoms. The van der Waals surface area contributed by atoms with Crippen LogP contribution in [0.15, 0.2) is 48.7 Å². The van der Waals surface area contributed by atoms with Crippen LogP contribution in [0, 0.1) is 6.92 Å². The maximum Gasteiger partial charge on any atom is 0.258 e. The Kier molecular flexibility index (Phi) is 7.16. The van der Waals surface area contributed by atoms with Crippen LogP contribution >= 0.6 is 0 Å². The van der Waals surface area contributed by atoms with Crippen LogP contribution in [0.5, 0.6) is 17.2 Å². The van der Waals surface area contributed by atoms with Crippen LogP contribution in [0.1, 0.15) is 27.9 Å². The Morgan fingerprint density at radius 2 is 2.03 bits per heavy atom. The number of nitrogen functional groups attached to an aromatic ring is 1. The number of methoxy groups -OCH3 is 1. The first-order valence-electron chi connectivity index (χ1n) is 12.4. The zero-order chi connectivity index (χ0) is 26.6. The summed E-state index contributed by atoms with van der Waals surface area (Å²) in [5, 5.41) is 5.97. The molecule has 2 atom stereocenters. The first kappa shape index (κ1) is 25.1. The smallest absolute Gasteiger partial charge is 0.258 e. The van der Waals surface area contributed by atoms with E-state index >= 15 is 0 Å². The molecule has 38 heavy (non-hydrogen) atoms. The number of carbonyl (C=O) groups is 2. The molecule has 4 N–H and O–H groups in total. The average molecular weight is 519 g/mol. The number of benzene rings is 2. The first-order chi connectivity index (χ1) is 18.4. The molecule has 11 nitrogen and oxygen atoms in total. The van der Waals surface area contributed by atoms with Gasteiger partial charge in [-0.05, 0) is 42.8 Å². The zero-order valence-corrected chi connectivity index (χ0v) is 21.3. The molecule has 2 amide bonds. The predicted octanol–water partition coefficient (Wildman–Crippen LogP) is 1.84. The summed E-state index contributed by atoms with van der Waals surface area (Å²) in [6.45, 7) is 2.98. The summed E-state index contributed by atoms with van der Waals surface area (Å²) < 4.78 is 17.7. The highest BCUT2D eigenvalue weighted by atomic mass is 16.5. The van der Waals surface area contributed by atoms with Gasteiger partial charge in [0, 0.05) is 49.4 Å². The van der Waals surface area contributed by atoms with E-state index in [1.807, 2.05) is 24.0 Å². The number of nitrogens with zero attached hydrogens (tertiary/aromatic N) is 3. The van der Waals surface area contributed by atoms with Crippen molar-refractivity contribution in [2.75, 3.05) is 37.4 Å². The van der Waals surface area contributed by atoms with Gasteiger partial charge in [0.1, 0.15) is 29.2 Å². The van der Waals surface area contributed by atoms with Gasteiger partial charge in [-0.3, -0.25) is 9.59 Å². The van der Waals surface area contributed by atoms with E-state index in [1.165, 1.54) is 0 Å². The Morgan fingerprint density at radius 1 is 1.16 bits per heavy atom. The van der Waals surface area contributed by atoms with E-state index in [2.05, 4.69) is 20.6 Å². The van der Waals surface area contributed by atoms with Crippen LogP contribution in [-0.4, -0.2) is 60.7 Å². The van der Waals surface area contributed by atoms with E-state index in [0.29, 0.717) is 54.1 Å². The number of rotatable bonds is 2. The number of amides is 2. The normalized spacial score (nSPS) is 19.8. The molecule has 6 rings (SSSR count). The molecular formula is C27H30N6O5. The van der Waals surface area contributed by atoms with Crippen LogP contribution in [0.2, 0.25) is 0 Å². The fourth-order valence-corrected chi connectivity index (χ4v) is 4.56. The highest BCUT2D eigenvalue weighted by molar-refractivity contribution is 5.95. The van der Waals surface area contributed by atoms with Crippen molar-refractivity contribution in [1.82, 2.24) is 20.6 Å². The van der Waals surface area contributed by atoms with E-state index in [9.17, 15) is 9.59 Å². The standard InChI is InChI=1S/C27H30N6O5/c1-16-3-4-17-11-22(16)37-15-25(34)30-13-18-5-6-19(12-23(18)36-2)38-21-8-10-33(14-20(21)31-26(17)35)27-29-9-7-24(28)32-27/h3-7,9,11-12,20-21H,8,10,13-15H2,1-2H3,(H,30,34)(H,31,35)(H2,28,29,32)/t20-,21+/m0/s1. The lowest BCUT2D eigenvalue weighted by atomic mass is 10.0. The van der Waals surface area contributed by atoms with Gasteiger partial charge in [-0.15, -0.1) is 0 Å². The van der Waals surface area contributed by atoms with E-state index < -0.39 is 6.04 Å². The number of carbonyl (C=O) groups excluding carboxylic acids is 2. The number of ether oxygens (including phenoxy) is 3. The van der Waals surface area contributed by atoms with Gasteiger partial charge in [0.2, 0.25) is 5.95 Å². The van der Waals surface area contributed by atoms with Gasteiger partial charge < -0.3 is 35.5 Å². The largest absolute Gasteiger partial charge is 0.496 e. The molecule has 1 saturated heterocycles. The average Bonchev–Trinajstić information content (AvgIpc) is 2.92. The number of fused-ring (bicyclic) bond motifs is 7. The SMILES string of the molecule is COc1cc2ccc1CNC(=O)COc1cc(ccc1C)C(=O)N[C@H]1CN(c3nccc(N)n3)CC[C@H]1O2. The summed E-state index contributed by atoms with van der Waals surface area (Å²) in [5.41, 5.74) is 7.91. The van der Waals surface area contributed by atoms with E-state index in [1.54, 1.807) is 43.6 Å². The number of aryl methyl sites for hydroxylation is 1. The molecule has 0 aliphatic carbocycles. The van der Waals surface area contributed by atoms with Crippen molar-refractivity contribution in [2.45, 2.75) is 32.0 Å². The fourth-order valence-electron chi connectivity index (χ4n) is 4.56. The summed E-state index contributed by atoms with van der Waals surface area (Å²) in [4.78, 5) is 36.5. The maximum absolute atomic E-state index is 13.4. The maximum atomic E-state index is 13.4. The van der Waals surface area contributed by atoms with Crippen molar-refractivity contribution in [2.24, 2.45) is 0 Å². The molecule has 11 heteroatoms. The minimum atomic E-state index is -0.392. The first-order valence-corrected chi connectivity index (χ1v) is 12.4. The Labute approximate surface area is 220 Å². The molecule has 3 aliphatic rings. The van der Waals surface area contributed by atoms with Crippen LogP contribution in [0.3, 0.4) is 0 Å². The summed E-state index contributed by atoms with van der Waals surface area (Å²) in [6, 6.07) is 11.9. The quantitative estimate of drug-likeness (QED) is 0.463. The number of nitrogens with one attached hydrogen (secondary N) is 2. The summed E-state index contributed by atoms with van der Waals surface area (Å²) >= 11 is 0. The lowest BCUT2D eigenvalue weighted by Gasteiger charge is -2.39. The number of hydrogen-bond acceptors (Lipinski definition) is 9. The molecule has 0 spiro atoms. The molecule has 0 saturated carbocycles. The number of nitrogens with two attached hydrogens (primary N) is 1. The van der Waals surface area contributed by atoms with Gasteiger partial charge in [-0.1, -0.05) is 6.07 Å². The summed E-state index contributed by atoms with van der Waals surface area (Å²) in [7, 11) is 1.57.